The molecule has 0 saturated heterocycles. The van der Waals surface area contributed by atoms with E-state index < -0.39 is 27.8 Å². The molecule has 0 heterocycles. The van der Waals surface area contributed by atoms with E-state index in [1.165, 1.54) is 6.92 Å². The largest absolute Gasteiger partial charge is 0.480 e. The van der Waals surface area contributed by atoms with Crippen LogP contribution >= 0.6 is 0 Å². The Morgan fingerprint density at radius 1 is 1.12 bits per heavy atom. The highest BCUT2D eigenvalue weighted by Crippen LogP contribution is 2.18. The zero-order chi connectivity index (χ0) is 18.4. The van der Waals surface area contributed by atoms with Crippen molar-refractivity contribution < 1.29 is 23.1 Å². The number of carbonyl (C=O) groups excluding carboxylic acids is 1. The van der Waals surface area contributed by atoms with Crippen LogP contribution in [0.1, 0.15) is 18.9 Å². The summed E-state index contributed by atoms with van der Waals surface area (Å²) in [6, 6.07) is 12.0. The Labute approximate surface area is 146 Å². The van der Waals surface area contributed by atoms with E-state index in [0.717, 1.165) is 16.3 Å². The van der Waals surface area contributed by atoms with Crippen molar-refractivity contribution in [1.29, 1.82) is 0 Å². The summed E-state index contributed by atoms with van der Waals surface area (Å²) in [4.78, 5) is 23.5. The predicted octanol–water partition coefficient (Wildman–Crippen LogP) is 1.78. The molecule has 0 radical (unpaired) electrons. The minimum absolute atomic E-state index is 0.0334. The summed E-state index contributed by atoms with van der Waals surface area (Å²) in [6.45, 7) is 1.50. The molecule has 25 heavy (non-hydrogen) atoms. The number of benzene rings is 2. The Bertz CT molecular complexity index is 871. The second-order valence-corrected chi connectivity index (χ2v) is 8.27. The number of hydrogen-bond acceptors (Lipinski definition) is 4. The van der Waals surface area contributed by atoms with Gasteiger partial charge in [-0.15, -0.1) is 0 Å². The van der Waals surface area contributed by atoms with Gasteiger partial charge in [-0.2, -0.15) is 0 Å². The molecule has 1 atom stereocenters. The van der Waals surface area contributed by atoms with Crippen molar-refractivity contribution in [2.75, 3.05) is 11.5 Å². The van der Waals surface area contributed by atoms with Crippen LogP contribution in [-0.4, -0.2) is 42.9 Å². The lowest BCUT2D eigenvalue weighted by molar-refractivity contribution is -0.141. The van der Waals surface area contributed by atoms with E-state index in [1.54, 1.807) is 0 Å². The number of fused-ring (bicyclic) bond motifs is 1. The SMILES string of the molecule is CCS(=O)(=O)CCC(NC(=O)Cc1cccc2ccccc12)C(=O)O. The lowest BCUT2D eigenvalue weighted by atomic mass is 10.0. The molecular formula is C18H21NO5S. The molecular weight excluding hydrogens is 342 g/mol. The molecule has 7 heteroatoms. The van der Waals surface area contributed by atoms with Crippen LogP contribution in [0.5, 0.6) is 0 Å². The van der Waals surface area contributed by atoms with Crippen molar-refractivity contribution in [1.82, 2.24) is 5.32 Å². The highest BCUT2D eigenvalue weighted by Gasteiger charge is 2.22. The maximum Gasteiger partial charge on any atom is 0.326 e. The second-order valence-electron chi connectivity index (χ2n) is 5.80. The van der Waals surface area contributed by atoms with Crippen LogP contribution < -0.4 is 5.32 Å². The predicted molar refractivity (Wildman–Crippen MR) is 96.2 cm³/mol. The van der Waals surface area contributed by atoms with E-state index in [4.69, 9.17) is 0 Å². The van der Waals surface area contributed by atoms with Gasteiger partial charge < -0.3 is 10.4 Å². The van der Waals surface area contributed by atoms with E-state index in [-0.39, 0.29) is 24.3 Å². The number of hydrogen-bond donors (Lipinski definition) is 2. The zero-order valence-electron chi connectivity index (χ0n) is 13.9. The molecule has 0 saturated carbocycles. The normalized spacial score (nSPS) is 12.7. The third-order valence-corrected chi connectivity index (χ3v) is 5.76. The van der Waals surface area contributed by atoms with Gasteiger partial charge in [0.25, 0.3) is 0 Å². The summed E-state index contributed by atoms with van der Waals surface area (Å²) in [7, 11) is -3.29. The Hall–Kier alpha value is -2.41. The van der Waals surface area contributed by atoms with Crippen molar-refractivity contribution >= 4 is 32.5 Å². The minimum Gasteiger partial charge on any atom is -0.480 e. The first-order valence-electron chi connectivity index (χ1n) is 8.01. The van der Waals surface area contributed by atoms with Crippen LogP contribution in [-0.2, 0) is 25.8 Å². The smallest absolute Gasteiger partial charge is 0.326 e. The summed E-state index contributed by atoms with van der Waals surface area (Å²) in [5.74, 6) is -2.01. The molecule has 2 aromatic rings. The maximum absolute atomic E-state index is 12.2. The monoisotopic (exact) mass is 363 g/mol. The minimum atomic E-state index is -3.29. The highest BCUT2D eigenvalue weighted by molar-refractivity contribution is 7.91. The number of rotatable bonds is 8. The molecule has 0 fully saturated rings. The molecule has 6 nitrogen and oxygen atoms in total. The highest BCUT2D eigenvalue weighted by atomic mass is 32.2. The first kappa shape index (κ1) is 18.9. The van der Waals surface area contributed by atoms with Gasteiger partial charge in [-0.05, 0) is 22.8 Å². The fraction of sp³-hybridized carbons (Fsp3) is 0.333. The summed E-state index contributed by atoms with van der Waals surface area (Å²) >= 11 is 0. The molecule has 1 unspecified atom stereocenters. The fourth-order valence-electron chi connectivity index (χ4n) is 2.56. The summed E-state index contributed by atoms with van der Waals surface area (Å²) in [6.07, 6.45) is -0.113. The molecule has 0 spiro atoms. The summed E-state index contributed by atoms with van der Waals surface area (Å²) in [5.41, 5.74) is 0.793. The van der Waals surface area contributed by atoms with E-state index in [0.29, 0.717) is 0 Å². The van der Waals surface area contributed by atoms with Crippen molar-refractivity contribution in [2.24, 2.45) is 0 Å². The first-order valence-corrected chi connectivity index (χ1v) is 9.84. The van der Waals surface area contributed by atoms with E-state index in [9.17, 15) is 23.1 Å². The van der Waals surface area contributed by atoms with Crippen LogP contribution in [0.15, 0.2) is 42.5 Å². The molecule has 0 aliphatic carbocycles. The first-order chi connectivity index (χ1) is 11.8. The average molecular weight is 363 g/mol. The Morgan fingerprint density at radius 3 is 2.48 bits per heavy atom. The van der Waals surface area contributed by atoms with E-state index >= 15 is 0 Å². The van der Waals surface area contributed by atoms with Gasteiger partial charge in [-0.1, -0.05) is 49.4 Å². The lowest BCUT2D eigenvalue weighted by Crippen LogP contribution is -2.42. The molecule has 0 bridgehead atoms. The van der Waals surface area contributed by atoms with Crippen molar-refractivity contribution in [3.8, 4) is 0 Å². The van der Waals surface area contributed by atoms with Crippen LogP contribution in [0.2, 0.25) is 0 Å². The van der Waals surface area contributed by atoms with E-state index in [1.807, 2.05) is 42.5 Å². The number of sulfone groups is 1. The third-order valence-electron chi connectivity index (χ3n) is 4.02. The number of nitrogens with one attached hydrogen (secondary N) is 1. The van der Waals surface area contributed by atoms with Gasteiger partial charge in [0.15, 0.2) is 0 Å². The number of aliphatic carboxylic acids is 1. The van der Waals surface area contributed by atoms with Crippen molar-refractivity contribution in [2.45, 2.75) is 25.8 Å². The van der Waals surface area contributed by atoms with Gasteiger partial charge in [0.05, 0.1) is 12.2 Å². The van der Waals surface area contributed by atoms with Crippen LogP contribution in [0.4, 0.5) is 0 Å². The molecule has 0 aliphatic heterocycles. The molecule has 2 N–H and O–H groups in total. The van der Waals surface area contributed by atoms with Crippen molar-refractivity contribution in [3.05, 3.63) is 48.0 Å². The number of carboxylic acid groups (broad SMARTS) is 1. The van der Waals surface area contributed by atoms with Gasteiger partial charge in [-0.3, -0.25) is 4.79 Å². The van der Waals surface area contributed by atoms with Gasteiger partial charge >= 0.3 is 5.97 Å². The van der Waals surface area contributed by atoms with Crippen LogP contribution in [0, 0.1) is 0 Å². The summed E-state index contributed by atoms with van der Waals surface area (Å²) in [5, 5.41) is 13.6. The van der Waals surface area contributed by atoms with Crippen LogP contribution in [0.3, 0.4) is 0 Å². The number of carbonyl (C=O) groups is 2. The Morgan fingerprint density at radius 2 is 1.80 bits per heavy atom. The molecule has 2 rings (SSSR count). The van der Waals surface area contributed by atoms with Gasteiger partial charge in [-0.25, -0.2) is 13.2 Å². The summed E-state index contributed by atoms with van der Waals surface area (Å²) < 4.78 is 23.1. The number of amides is 1. The topological polar surface area (TPSA) is 101 Å². The fourth-order valence-corrected chi connectivity index (χ4v) is 3.45. The molecule has 134 valence electrons. The van der Waals surface area contributed by atoms with Gasteiger partial charge in [0.1, 0.15) is 15.9 Å². The molecule has 2 aromatic carbocycles. The molecule has 1 amide bonds. The standard InChI is InChI=1S/C18H21NO5S/c1-2-25(23,24)11-10-16(18(21)22)19-17(20)12-14-8-5-7-13-6-3-4-9-15(13)14/h3-9,16H,2,10-12H2,1H3,(H,19,20)(H,21,22). The van der Waals surface area contributed by atoms with Gasteiger partial charge in [0.2, 0.25) is 5.91 Å². The Balaban J connectivity index is 2.07. The quantitative estimate of drug-likeness (QED) is 0.744. The second kappa shape index (κ2) is 8.11. The lowest BCUT2D eigenvalue weighted by Gasteiger charge is -2.15. The molecule has 0 aromatic heterocycles. The van der Waals surface area contributed by atoms with Crippen LogP contribution in [0.25, 0.3) is 10.8 Å². The number of carboxylic acids is 1. The van der Waals surface area contributed by atoms with Gasteiger partial charge in [0, 0.05) is 5.75 Å². The maximum atomic E-state index is 12.2. The van der Waals surface area contributed by atoms with Crippen molar-refractivity contribution in [3.63, 3.8) is 0 Å². The van der Waals surface area contributed by atoms with E-state index in [2.05, 4.69) is 5.32 Å². The Kier molecular flexibility index (Phi) is 6.14. The molecule has 0 aliphatic rings. The average Bonchev–Trinajstić information content (AvgIpc) is 2.58. The third kappa shape index (κ3) is 5.29. The zero-order valence-corrected chi connectivity index (χ0v) is 14.8.